The molecule has 0 bridgehead atoms. The van der Waals surface area contributed by atoms with Gasteiger partial charge in [0, 0.05) is 19.5 Å². The van der Waals surface area contributed by atoms with Gasteiger partial charge >= 0.3 is 6.03 Å². The summed E-state index contributed by atoms with van der Waals surface area (Å²) < 4.78 is 0. The van der Waals surface area contributed by atoms with E-state index in [9.17, 15) is 9.59 Å². The first-order chi connectivity index (χ1) is 13.2. The molecule has 0 unspecified atom stereocenters. The van der Waals surface area contributed by atoms with Crippen LogP contribution in [0.25, 0.3) is 0 Å². The number of nitrogens with zero attached hydrogens (tertiary/aromatic N) is 2. The van der Waals surface area contributed by atoms with E-state index in [4.69, 9.17) is 0 Å². The summed E-state index contributed by atoms with van der Waals surface area (Å²) in [5.74, 6) is 0.00503. The van der Waals surface area contributed by atoms with Crippen molar-refractivity contribution in [2.45, 2.75) is 90.1 Å². The molecule has 1 aromatic rings. The maximum atomic E-state index is 12.7. The van der Waals surface area contributed by atoms with E-state index in [2.05, 4.69) is 19.1 Å². The van der Waals surface area contributed by atoms with Crippen LogP contribution in [-0.4, -0.2) is 34.3 Å². The van der Waals surface area contributed by atoms with Crippen LogP contribution in [-0.2, 0) is 17.8 Å². The van der Waals surface area contributed by atoms with Crippen LogP contribution in [0.1, 0.15) is 82.3 Å². The molecule has 2 aliphatic rings. The Bertz CT molecular complexity index is 600. The second-order valence-corrected chi connectivity index (χ2v) is 8.07. The van der Waals surface area contributed by atoms with E-state index >= 15 is 0 Å². The Labute approximate surface area is 163 Å². The van der Waals surface area contributed by atoms with Crippen molar-refractivity contribution in [3.63, 3.8) is 0 Å². The first-order valence-electron chi connectivity index (χ1n) is 10.9. The number of hydrogen-bond acceptors (Lipinski definition) is 2. The smallest absolute Gasteiger partial charge is 0.308 e. The highest BCUT2D eigenvalue weighted by Crippen LogP contribution is 2.30. The lowest BCUT2D eigenvalue weighted by molar-refractivity contribution is -0.128. The monoisotopic (exact) mass is 370 g/mol. The highest BCUT2D eigenvalue weighted by atomic mass is 16.2. The molecule has 27 heavy (non-hydrogen) atoms. The molecular formula is C23H34N2O2. The van der Waals surface area contributed by atoms with Crippen molar-refractivity contribution in [2.24, 2.45) is 0 Å². The summed E-state index contributed by atoms with van der Waals surface area (Å²) in [5, 5.41) is 0. The lowest BCUT2D eigenvalue weighted by atomic mass is 9.95. The van der Waals surface area contributed by atoms with E-state index in [0.717, 1.165) is 12.8 Å². The minimum Gasteiger partial charge on any atom is -0.308 e. The number of imide groups is 1. The molecule has 3 rings (SSSR count). The molecule has 0 saturated carbocycles. The average molecular weight is 371 g/mol. The number of urea groups is 1. The second kappa shape index (κ2) is 9.91. The zero-order valence-corrected chi connectivity index (χ0v) is 16.8. The van der Waals surface area contributed by atoms with Crippen LogP contribution in [0, 0.1) is 0 Å². The number of carbonyl (C=O) groups excluding carboxylic acids is 2. The molecule has 2 aliphatic heterocycles. The van der Waals surface area contributed by atoms with E-state index in [1.165, 1.54) is 67.4 Å². The van der Waals surface area contributed by atoms with Gasteiger partial charge in [-0.2, -0.15) is 0 Å². The third-order valence-electron chi connectivity index (χ3n) is 6.01. The van der Waals surface area contributed by atoms with Crippen LogP contribution in [0.3, 0.4) is 0 Å². The van der Waals surface area contributed by atoms with Gasteiger partial charge in [-0.05, 0) is 17.5 Å². The molecule has 3 amide bonds. The summed E-state index contributed by atoms with van der Waals surface area (Å²) in [5.41, 5.74) is 2.39. The van der Waals surface area contributed by atoms with Gasteiger partial charge in [-0.25, -0.2) is 4.79 Å². The number of carbonyl (C=O) groups is 2. The number of rotatable bonds is 11. The van der Waals surface area contributed by atoms with Crippen LogP contribution in [0.15, 0.2) is 24.3 Å². The van der Waals surface area contributed by atoms with E-state index in [1.54, 1.807) is 4.90 Å². The quantitative estimate of drug-likeness (QED) is 0.392. The standard InChI is InChI=1S/C23H34N2O2/c1-2-3-4-5-6-7-8-9-10-13-16-24-22(26)21-17-19-14-11-12-15-20(19)18-25(21)23(24)27/h11-12,14-15,21H,2-10,13,16-18H2,1H3/t21-/m1/s1. The van der Waals surface area contributed by atoms with Gasteiger partial charge in [0.1, 0.15) is 6.04 Å². The minimum absolute atomic E-state index is 0.00503. The fourth-order valence-electron chi connectivity index (χ4n) is 4.34. The van der Waals surface area contributed by atoms with E-state index in [0.29, 0.717) is 19.5 Å². The zero-order valence-electron chi connectivity index (χ0n) is 16.8. The number of amides is 3. The van der Waals surface area contributed by atoms with Gasteiger partial charge in [0.05, 0.1) is 0 Å². The Balaban J connectivity index is 1.36. The molecule has 4 nitrogen and oxygen atoms in total. The normalized spacial score (nSPS) is 18.8. The molecular weight excluding hydrogens is 336 g/mol. The highest BCUT2D eigenvalue weighted by Gasteiger charge is 2.46. The summed E-state index contributed by atoms with van der Waals surface area (Å²) in [6.45, 7) is 3.40. The maximum absolute atomic E-state index is 12.7. The van der Waals surface area contributed by atoms with Crippen molar-refractivity contribution >= 4 is 11.9 Å². The zero-order chi connectivity index (χ0) is 19.1. The molecule has 0 spiro atoms. The molecule has 0 aliphatic carbocycles. The van der Waals surface area contributed by atoms with E-state index in [1.807, 2.05) is 12.1 Å². The highest BCUT2D eigenvalue weighted by molar-refractivity contribution is 6.04. The van der Waals surface area contributed by atoms with Gasteiger partial charge in [-0.1, -0.05) is 89.0 Å². The molecule has 1 fully saturated rings. The lowest BCUT2D eigenvalue weighted by Crippen LogP contribution is -2.39. The largest absolute Gasteiger partial charge is 0.327 e. The Morgan fingerprint density at radius 2 is 1.44 bits per heavy atom. The van der Waals surface area contributed by atoms with Crippen LogP contribution in [0.4, 0.5) is 4.79 Å². The molecule has 4 heteroatoms. The number of hydrogen-bond donors (Lipinski definition) is 0. The first-order valence-corrected chi connectivity index (χ1v) is 10.9. The molecule has 1 saturated heterocycles. The van der Waals surface area contributed by atoms with Crippen molar-refractivity contribution in [2.75, 3.05) is 6.54 Å². The van der Waals surface area contributed by atoms with Gasteiger partial charge in [0.15, 0.2) is 0 Å². The van der Waals surface area contributed by atoms with Crippen LogP contribution >= 0.6 is 0 Å². The lowest BCUT2D eigenvalue weighted by Gasteiger charge is -2.28. The topological polar surface area (TPSA) is 40.6 Å². The molecule has 0 aromatic heterocycles. The van der Waals surface area contributed by atoms with Crippen molar-refractivity contribution < 1.29 is 9.59 Å². The third kappa shape index (κ3) is 4.91. The minimum atomic E-state index is -0.282. The van der Waals surface area contributed by atoms with Gasteiger partial charge in [-0.3, -0.25) is 9.69 Å². The second-order valence-electron chi connectivity index (χ2n) is 8.07. The summed E-state index contributed by atoms with van der Waals surface area (Å²) in [6, 6.07) is 7.79. The van der Waals surface area contributed by atoms with Gasteiger partial charge in [-0.15, -0.1) is 0 Å². The van der Waals surface area contributed by atoms with Crippen LogP contribution in [0.2, 0.25) is 0 Å². The third-order valence-corrected chi connectivity index (χ3v) is 6.01. The Hall–Kier alpha value is -1.84. The van der Waals surface area contributed by atoms with E-state index < -0.39 is 0 Å². The van der Waals surface area contributed by atoms with Crippen LogP contribution < -0.4 is 0 Å². The van der Waals surface area contributed by atoms with Gasteiger partial charge < -0.3 is 4.90 Å². The Morgan fingerprint density at radius 1 is 0.852 bits per heavy atom. The fraction of sp³-hybridized carbons (Fsp3) is 0.652. The molecule has 1 aromatic carbocycles. The Kier molecular flexibility index (Phi) is 7.31. The van der Waals surface area contributed by atoms with Crippen molar-refractivity contribution in [1.82, 2.24) is 9.80 Å². The van der Waals surface area contributed by atoms with Crippen molar-refractivity contribution in [3.05, 3.63) is 35.4 Å². The maximum Gasteiger partial charge on any atom is 0.327 e. The Morgan fingerprint density at radius 3 is 2.11 bits per heavy atom. The van der Waals surface area contributed by atoms with Gasteiger partial charge in [0.25, 0.3) is 5.91 Å². The molecule has 0 radical (unpaired) electrons. The summed E-state index contributed by atoms with van der Waals surface area (Å²) in [6.07, 6.45) is 13.3. The molecule has 148 valence electrons. The summed E-state index contributed by atoms with van der Waals surface area (Å²) in [4.78, 5) is 28.7. The summed E-state index contributed by atoms with van der Waals surface area (Å²) >= 11 is 0. The van der Waals surface area contributed by atoms with Gasteiger partial charge in [0.2, 0.25) is 0 Å². The van der Waals surface area contributed by atoms with Crippen molar-refractivity contribution in [3.8, 4) is 0 Å². The number of fused-ring (bicyclic) bond motifs is 2. The summed E-state index contributed by atoms with van der Waals surface area (Å²) in [7, 11) is 0. The van der Waals surface area contributed by atoms with Crippen LogP contribution in [0.5, 0.6) is 0 Å². The first kappa shape index (κ1) is 19.9. The predicted molar refractivity (Wildman–Crippen MR) is 108 cm³/mol. The number of benzene rings is 1. The number of unbranched alkanes of at least 4 members (excludes halogenated alkanes) is 9. The molecule has 1 atom stereocenters. The molecule has 2 heterocycles. The SMILES string of the molecule is CCCCCCCCCCCCN1C(=O)[C@H]2Cc3ccccc3CN2C1=O. The predicted octanol–water partition coefficient (Wildman–Crippen LogP) is 5.30. The average Bonchev–Trinajstić information content (AvgIpc) is 2.92. The van der Waals surface area contributed by atoms with E-state index in [-0.39, 0.29) is 18.0 Å². The molecule has 0 N–H and O–H groups in total. The van der Waals surface area contributed by atoms with Crippen molar-refractivity contribution in [1.29, 1.82) is 0 Å². The fourth-order valence-corrected chi connectivity index (χ4v) is 4.34.